The number of aromatic nitrogens is 1. The molecule has 0 unspecified atom stereocenters. The van der Waals surface area contributed by atoms with Gasteiger partial charge in [-0.15, -0.1) is 11.3 Å². The van der Waals surface area contributed by atoms with Crippen LogP contribution in [0.3, 0.4) is 0 Å². The molecule has 1 aliphatic heterocycles. The highest BCUT2D eigenvalue weighted by atomic mass is 32.1. The molecule has 0 radical (unpaired) electrons. The smallest absolute Gasteiger partial charge is 0.346 e. The second kappa shape index (κ2) is 9.53. The van der Waals surface area contributed by atoms with Crippen LogP contribution in [0.1, 0.15) is 40.3 Å². The Bertz CT molecular complexity index is 1450. The third-order valence-electron chi connectivity index (χ3n) is 5.72. The largest absolute Gasteiger partial charge is 0.417 e. The topological polar surface area (TPSA) is 89.3 Å². The van der Waals surface area contributed by atoms with Gasteiger partial charge in [0, 0.05) is 29.4 Å². The quantitative estimate of drug-likeness (QED) is 0.357. The predicted octanol–water partition coefficient (Wildman–Crippen LogP) is 5.02. The van der Waals surface area contributed by atoms with Crippen LogP contribution in [0, 0.1) is 17.1 Å². The Hall–Kier alpha value is -3.89. The van der Waals surface area contributed by atoms with E-state index < -0.39 is 40.5 Å². The minimum absolute atomic E-state index is 0.116. The maximum absolute atomic E-state index is 15.0. The number of hydrogen-bond acceptors (Lipinski definition) is 6. The van der Waals surface area contributed by atoms with Crippen LogP contribution >= 0.6 is 23.6 Å². The van der Waals surface area contributed by atoms with Crippen molar-refractivity contribution in [1.29, 1.82) is 5.26 Å². The molecular formula is C24H17F4N5O2S2. The third-order valence-corrected chi connectivity index (χ3v) is 6.85. The number of rotatable bonds is 5. The highest BCUT2D eigenvalue weighted by Crippen LogP contribution is 2.39. The Balaban J connectivity index is 1.63. The summed E-state index contributed by atoms with van der Waals surface area (Å²) in [6.45, 7) is 2.90. The maximum Gasteiger partial charge on any atom is 0.417 e. The van der Waals surface area contributed by atoms with Gasteiger partial charge in [-0.2, -0.15) is 18.4 Å². The molecule has 7 nitrogen and oxygen atoms in total. The Labute approximate surface area is 217 Å². The molecule has 1 fully saturated rings. The van der Waals surface area contributed by atoms with Crippen molar-refractivity contribution in [3.8, 4) is 6.07 Å². The number of carbonyl (C=O) groups is 2. The highest BCUT2D eigenvalue weighted by Gasteiger charge is 2.50. The number of alkyl halides is 3. The van der Waals surface area contributed by atoms with Crippen molar-refractivity contribution >= 4 is 51.9 Å². The molecule has 2 aromatic carbocycles. The zero-order valence-corrected chi connectivity index (χ0v) is 20.9. The van der Waals surface area contributed by atoms with Gasteiger partial charge in [0.15, 0.2) is 10.1 Å². The van der Waals surface area contributed by atoms with Gasteiger partial charge in [-0.05, 0) is 56.4 Å². The summed E-state index contributed by atoms with van der Waals surface area (Å²) < 4.78 is 55.5. The number of nitrogens with one attached hydrogen (secondary N) is 1. The summed E-state index contributed by atoms with van der Waals surface area (Å²) in [6, 6.07) is 8.41. The van der Waals surface area contributed by atoms with Gasteiger partial charge >= 0.3 is 6.18 Å². The van der Waals surface area contributed by atoms with Gasteiger partial charge in [0.25, 0.3) is 11.8 Å². The molecular weight excluding hydrogens is 530 g/mol. The van der Waals surface area contributed by atoms with E-state index in [1.807, 2.05) is 0 Å². The molecule has 0 spiro atoms. The zero-order chi connectivity index (χ0) is 27.1. The minimum Gasteiger partial charge on any atom is -0.346 e. The number of benzene rings is 2. The fourth-order valence-corrected chi connectivity index (χ4v) is 4.94. The van der Waals surface area contributed by atoms with E-state index in [4.69, 9.17) is 17.5 Å². The van der Waals surface area contributed by atoms with E-state index in [0.717, 1.165) is 28.4 Å². The number of carbonyl (C=O) groups excluding carboxylic acids is 2. The Morgan fingerprint density at radius 3 is 2.51 bits per heavy atom. The molecule has 0 atom stereocenters. The monoisotopic (exact) mass is 547 g/mol. The average molecular weight is 548 g/mol. The molecule has 1 N–H and O–H groups in total. The van der Waals surface area contributed by atoms with Gasteiger partial charge in [-0.1, -0.05) is 6.07 Å². The molecule has 4 rings (SSSR count). The van der Waals surface area contributed by atoms with Crippen molar-refractivity contribution in [3.05, 3.63) is 75.5 Å². The van der Waals surface area contributed by atoms with Gasteiger partial charge in [0.2, 0.25) is 0 Å². The Kier molecular flexibility index (Phi) is 6.74. The lowest BCUT2D eigenvalue weighted by atomic mass is 10.0. The molecule has 1 aromatic heterocycles. The van der Waals surface area contributed by atoms with Gasteiger partial charge in [0.05, 0.1) is 22.9 Å². The normalized spacial score (nSPS) is 15.2. The predicted molar refractivity (Wildman–Crippen MR) is 132 cm³/mol. The van der Waals surface area contributed by atoms with Crippen LogP contribution in [0.15, 0.2) is 48.0 Å². The first kappa shape index (κ1) is 26.2. The van der Waals surface area contributed by atoms with E-state index in [0.29, 0.717) is 6.07 Å². The lowest BCUT2D eigenvalue weighted by Crippen LogP contribution is -2.44. The first-order valence-corrected chi connectivity index (χ1v) is 11.9. The fraction of sp³-hybridized carbons (Fsp3) is 0.208. The van der Waals surface area contributed by atoms with Crippen molar-refractivity contribution in [2.45, 2.75) is 32.1 Å². The zero-order valence-electron chi connectivity index (χ0n) is 19.3. The van der Waals surface area contributed by atoms with Crippen LogP contribution in [-0.4, -0.2) is 27.4 Å². The molecule has 37 heavy (non-hydrogen) atoms. The SMILES string of the molecule is CC1(C)C(=O)N(c2ccc(C#N)c(C(F)(F)F)c2)C(=S)N1c1ccc(CNC(=O)c2nccs2)c(F)c1. The van der Waals surface area contributed by atoms with Crippen LogP contribution in [0.4, 0.5) is 28.9 Å². The maximum atomic E-state index is 15.0. The van der Waals surface area contributed by atoms with Crippen LogP contribution in [0.25, 0.3) is 0 Å². The number of anilines is 2. The molecule has 2 amide bonds. The van der Waals surface area contributed by atoms with Gasteiger partial charge in [0.1, 0.15) is 11.4 Å². The molecule has 190 valence electrons. The van der Waals surface area contributed by atoms with Crippen LogP contribution in [0.5, 0.6) is 0 Å². The van der Waals surface area contributed by atoms with Crippen molar-refractivity contribution in [3.63, 3.8) is 0 Å². The van der Waals surface area contributed by atoms with Gasteiger partial charge < -0.3 is 10.2 Å². The number of nitriles is 1. The number of thiocarbonyl (C=S) groups is 1. The summed E-state index contributed by atoms with van der Waals surface area (Å²) in [4.78, 5) is 31.5. The number of amides is 2. The molecule has 1 aliphatic rings. The van der Waals surface area contributed by atoms with Crippen molar-refractivity contribution in [2.75, 3.05) is 9.80 Å². The van der Waals surface area contributed by atoms with E-state index in [1.165, 1.54) is 49.2 Å². The number of thiazole rings is 1. The van der Waals surface area contributed by atoms with Crippen LogP contribution in [0.2, 0.25) is 0 Å². The third kappa shape index (κ3) is 4.77. The second-order valence-electron chi connectivity index (χ2n) is 8.45. The molecule has 0 aliphatic carbocycles. The first-order valence-electron chi connectivity index (χ1n) is 10.6. The summed E-state index contributed by atoms with van der Waals surface area (Å²) in [5.74, 6) is -1.77. The van der Waals surface area contributed by atoms with E-state index >= 15 is 0 Å². The van der Waals surface area contributed by atoms with E-state index in [9.17, 15) is 27.2 Å². The van der Waals surface area contributed by atoms with Gasteiger partial charge in [-0.3, -0.25) is 14.5 Å². The first-order chi connectivity index (χ1) is 17.4. The minimum atomic E-state index is -4.82. The number of hydrogen-bond donors (Lipinski definition) is 1. The second-order valence-corrected chi connectivity index (χ2v) is 9.71. The standard InChI is InChI=1S/C24H17F4N5O2S2/c1-23(2)21(35)32(15-5-3-13(11-29)17(9-15)24(26,27)28)22(36)33(23)16-6-4-14(18(25)10-16)12-31-19(34)20-30-7-8-37-20/h3-10H,12H2,1-2H3,(H,31,34). The molecule has 2 heterocycles. The van der Waals surface area contributed by atoms with Crippen LogP contribution < -0.4 is 15.1 Å². The van der Waals surface area contributed by atoms with E-state index in [-0.39, 0.29) is 33.6 Å². The summed E-state index contributed by atoms with van der Waals surface area (Å²) >= 11 is 6.60. The van der Waals surface area contributed by atoms with E-state index in [2.05, 4.69) is 10.3 Å². The molecule has 1 saturated heterocycles. The van der Waals surface area contributed by atoms with Crippen molar-refractivity contribution < 1.29 is 27.2 Å². The average Bonchev–Trinajstić information content (AvgIpc) is 3.43. The highest BCUT2D eigenvalue weighted by molar-refractivity contribution is 7.81. The number of halogens is 4. The summed E-state index contributed by atoms with van der Waals surface area (Å²) in [5, 5.41) is 13.3. The fourth-order valence-electron chi connectivity index (χ4n) is 3.86. The van der Waals surface area contributed by atoms with Crippen LogP contribution in [-0.2, 0) is 17.5 Å². The lowest BCUT2D eigenvalue weighted by molar-refractivity contribution is -0.137. The van der Waals surface area contributed by atoms with E-state index in [1.54, 1.807) is 5.38 Å². The molecule has 0 bridgehead atoms. The van der Waals surface area contributed by atoms with Crippen molar-refractivity contribution in [1.82, 2.24) is 10.3 Å². The summed E-state index contributed by atoms with van der Waals surface area (Å²) in [6.07, 6.45) is -3.35. The van der Waals surface area contributed by atoms with Gasteiger partial charge in [-0.25, -0.2) is 9.37 Å². The molecule has 13 heteroatoms. The van der Waals surface area contributed by atoms with Crippen molar-refractivity contribution in [2.24, 2.45) is 0 Å². The molecule has 3 aromatic rings. The Morgan fingerprint density at radius 1 is 1.22 bits per heavy atom. The molecule has 0 saturated carbocycles. The number of nitrogens with zero attached hydrogens (tertiary/aromatic N) is 4. The summed E-state index contributed by atoms with van der Waals surface area (Å²) in [7, 11) is 0. The summed E-state index contributed by atoms with van der Waals surface area (Å²) in [5.41, 5.74) is -2.96. The lowest BCUT2D eigenvalue weighted by Gasteiger charge is -2.29. The Morgan fingerprint density at radius 2 is 1.92 bits per heavy atom.